The summed E-state index contributed by atoms with van der Waals surface area (Å²) < 4.78 is 0. The number of hydrogen-bond acceptors (Lipinski definition) is 2. The van der Waals surface area contributed by atoms with Crippen molar-refractivity contribution in [1.82, 2.24) is 5.32 Å². The van der Waals surface area contributed by atoms with E-state index in [1.807, 2.05) is 20.8 Å². The summed E-state index contributed by atoms with van der Waals surface area (Å²) in [7, 11) is 0. The highest BCUT2D eigenvalue weighted by atomic mass is 16.2. The van der Waals surface area contributed by atoms with Gasteiger partial charge in [0.1, 0.15) is 0 Å². The zero-order chi connectivity index (χ0) is 11.2. The van der Waals surface area contributed by atoms with Crippen LogP contribution < -0.4 is 11.1 Å². The van der Waals surface area contributed by atoms with Gasteiger partial charge in [0.15, 0.2) is 0 Å². The summed E-state index contributed by atoms with van der Waals surface area (Å²) in [5.74, 6) is -0.0229. The van der Waals surface area contributed by atoms with Crippen molar-refractivity contribution in [2.45, 2.75) is 65.0 Å². The Morgan fingerprint density at radius 2 is 1.93 bits per heavy atom. The summed E-state index contributed by atoms with van der Waals surface area (Å²) in [5.41, 5.74) is 5.59. The molecule has 0 aliphatic rings. The molecule has 0 bridgehead atoms. The molecule has 0 saturated carbocycles. The summed E-state index contributed by atoms with van der Waals surface area (Å²) >= 11 is 0. The van der Waals surface area contributed by atoms with Gasteiger partial charge in [-0.2, -0.15) is 0 Å². The van der Waals surface area contributed by atoms with Gasteiger partial charge in [-0.1, -0.05) is 26.7 Å². The van der Waals surface area contributed by atoms with Gasteiger partial charge in [-0.25, -0.2) is 0 Å². The van der Waals surface area contributed by atoms with Gasteiger partial charge < -0.3 is 11.1 Å². The fourth-order valence-electron chi connectivity index (χ4n) is 1.56. The molecular formula is C11H24N2O. The maximum atomic E-state index is 11.6. The van der Waals surface area contributed by atoms with Crippen molar-refractivity contribution >= 4 is 5.91 Å². The van der Waals surface area contributed by atoms with E-state index in [1.165, 1.54) is 0 Å². The third-order valence-electron chi connectivity index (χ3n) is 2.27. The van der Waals surface area contributed by atoms with Crippen molar-refractivity contribution in [2.24, 2.45) is 5.73 Å². The van der Waals surface area contributed by atoms with E-state index >= 15 is 0 Å². The molecule has 0 fully saturated rings. The second-order valence-corrected chi connectivity index (χ2v) is 4.52. The third kappa shape index (κ3) is 5.22. The number of carbonyl (C=O) groups excluding carboxylic acids is 1. The lowest BCUT2D eigenvalue weighted by Gasteiger charge is -2.27. The first-order valence-electron chi connectivity index (χ1n) is 5.50. The van der Waals surface area contributed by atoms with Crippen LogP contribution in [0.2, 0.25) is 0 Å². The van der Waals surface area contributed by atoms with Gasteiger partial charge in [-0.15, -0.1) is 0 Å². The Kier molecular flexibility index (Phi) is 5.77. The summed E-state index contributed by atoms with van der Waals surface area (Å²) in [6, 6.07) is -0.351. The summed E-state index contributed by atoms with van der Waals surface area (Å²) in [4.78, 5) is 11.6. The minimum absolute atomic E-state index is 0.0229. The number of nitrogens with one attached hydrogen (secondary N) is 1. The van der Waals surface area contributed by atoms with Crippen LogP contribution in [-0.2, 0) is 4.79 Å². The lowest BCUT2D eigenvalue weighted by Crippen LogP contribution is -2.50. The van der Waals surface area contributed by atoms with E-state index in [0.717, 1.165) is 25.7 Å². The van der Waals surface area contributed by atoms with Crippen molar-refractivity contribution < 1.29 is 4.79 Å². The third-order valence-corrected chi connectivity index (χ3v) is 2.27. The SMILES string of the molecule is CCCC(N)C(=O)NC(C)(C)CCC. The van der Waals surface area contributed by atoms with Crippen LogP contribution in [0.4, 0.5) is 0 Å². The molecule has 1 amide bonds. The first kappa shape index (κ1) is 13.4. The zero-order valence-corrected chi connectivity index (χ0v) is 9.89. The Hall–Kier alpha value is -0.570. The lowest BCUT2D eigenvalue weighted by atomic mass is 9.98. The molecule has 0 aromatic carbocycles. The van der Waals surface area contributed by atoms with Gasteiger partial charge >= 0.3 is 0 Å². The first-order valence-corrected chi connectivity index (χ1v) is 5.50. The van der Waals surface area contributed by atoms with Gasteiger partial charge in [0.05, 0.1) is 6.04 Å². The number of carbonyl (C=O) groups is 1. The molecule has 0 aromatic rings. The molecule has 0 aromatic heterocycles. The van der Waals surface area contributed by atoms with Gasteiger partial charge in [0, 0.05) is 5.54 Å². The molecule has 1 atom stereocenters. The van der Waals surface area contributed by atoms with Crippen LogP contribution in [0.15, 0.2) is 0 Å². The quantitative estimate of drug-likeness (QED) is 0.687. The molecule has 0 aliphatic heterocycles. The summed E-state index contributed by atoms with van der Waals surface area (Å²) in [5, 5.41) is 2.98. The Morgan fingerprint density at radius 1 is 1.36 bits per heavy atom. The first-order chi connectivity index (χ1) is 6.43. The van der Waals surface area contributed by atoms with Crippen LogP contribution in [0.5, 0.6) is 0 Å². The van der Waals surface area contributed by atoms with E-state index in [2.05, 4.69) is 12.2 Å². The van der Waals surface area contributed by atoms with Crippen molar-refractivity contribution in [1.29, 1.82) is 0 Å². The molecule has 3 heteroatoms. The van der Waals surface area contributed by atoms with E-state index in [9.17, 15) is 4.79 Å². The van der Waals surface area contributed by atoms with E-state index in [4.69, 9.17) is 5.73 Å². The van der Waals surface area contributed by atoms with E-state index in [-0.39, 0.29) is 17.5 Å². The van der Waals surface area contributed by atoms with E-state index < -0.39 is 0 Å². The number of rotatable bonds is 6. The average Bonchev–Trinajstić information content (AvgIpc) is 2.03. The van der Waals surface area contributed by atoms with E-state index in [0.29, 0.717) is 0 Å². The number of nitrogens with two attached hydrogens (primary N) is 1. The fourth-order valence-corrected chi connectivity index (χ4v) is 1.56. The van der Waals surface area contributed by atoms with Crippen LogP contribution in [0.3, 0.4) is 0 Å². The Balaban J connectivity index is 4.03. The average molecular weight is 200 g/mol. The topological polar surface area (TPSA) is 55.1 Å². The standard InChI is InChI=1S/C11H24N2O/c1-5-7-9(12)10(14)13-11(3,4)8-6-2/h9H,5-8,12H2,1-4H3,(H,13,14). The summed E-state index contributed by atoms with van der Waals surface area (Å²) in [6.07, 6.45) is 3.75. The number of hydrogen-bond donors (Lipinski definition) is 2. The molecule has 0 saturated heterocycles. The molecule has 0 spiro atoms. The lowest BCUT2D eigenvalue weighted by molar-refractivity contribution is -0.124. The molecule has 0 aliphatic carbocycles. The molecule has 0 heterocycles. The molecular weight excluding hydrogens is 176 g/mol. The molecule has 1 unspecified atom stereocenters. The second kappa shape index (κ2) is 6.02. The van der Waals surface area contributed by atoms with Crippen LogP contribution in [-0.4, -0.2) is 17.5 Å². The summed E-state index contributed by atoms with van der Waals surface area (Å²) in [6.45, 7) is 8.21. The fraction of sp³-hybridized carbons (Fsp3) is 0.909. The van der Waals surface area contributed by atoms with Gasteiger partial charge in [0.25, 0.3) is 0 Å². The highest BCUT2D eigenvalue weighted by Gasteiger charge is 2.22. The highest BCUT2D eigenvalue weighted by molar-refractivity contribution is 5.82. The second-order valence-electron chi connectivity index (χ2n) is 4.52. The maximum absolute atomic E-state index is 11.6. The minimum Gasteiger partial charge on any atom is -0.350 e. The zero-order valence-electron chi connectivity index (χ0n) is 9.89. The Labute approximate surface area is 87.4 Å². The molecule has 3 N–H and O–H groups in total. The van der Waals surface area contributed by atoms with Crippen LogP contribution in [0.1, 0.15) is 53.4 Å². The van der Waals surface area contributed by atoms with E-state index in [1.54, 1.807) is 0 Å². The normalized spacial score (nSPS) is 13.8. The smallest absolute Gasteiger partial charge is 0.237 e. The Bertz CT molecular complexity index is 178. The van der Waals surface area contributed by atoms with Gasteiger partial charge in [-0.3, -0.25) is 4.79 Å². The van der Waals surface area contributed by atoms with Crippen molar-refractivity contribution in [3.63, 3.8) is 0 Å². The van der Waals surface area contributed by atoms with Gasteiger partial charge in [0.2, 0.25) is 5.91 Å². The van der Waals surface area contributed by atoms with Gasteiger partial charge in [-0.05, 0) is 26.7 Å². The Morgan fingerprint density at radius 3 is 2.36 bits per heavy atom. The van der Waals surface area contributed by atoms with Crippen LogP contribution in [0.25, 0.3) is 0 Å². The minimum atomic E-state index is -0.351. The van der Waals surface area contributed by atoms with Crippen molar-refractivity contribution in [3.05, 3.63) is 0 Å². The molecule has 0 rings (SSSR count). The predicted octanol–water partition coefficient (Wildman–Crippen LogP) is 1.81. The van der Waals surface area contributed by atoms with Crippen LogP contribution >= 0.6 is 0 Å². The van der Waals surface area contributed by atoms with Crippen molar-refractivity contribution in [3.8, 4) is 0 Å². The molecule has 3 nitrogen and oxygen atoms in total. The monoisotopic (exact) mass is 200 g/mol. The van der Waals surface area contributed by atoms with Crippen molar-refractivity contribution in [2.75, 3.05) is 0 Å². The highest BCUT2D eigenvalue weighted by Crippen LogP contribution is 2.11. The number of amides is 1. The maximum Gasteiger partial charge on any atom is 0.237 e. The molecule has 84 valence electrons. The largest absolute Gasteiger partial charge is 0.350 e. The van der Waals surface area contributed by atoms with Crippen LogP contribution in [0, 0.1) is 0 Å². The molecule has 0 radical (unpaired) electrons. The predicted molar refractivity (Wildman–Crippen MR) is 60.0 cm³/mol. The molecule has 14 heavy (non-hydrogen) atoms.